The van der Waals surface area contributed by atoms with Crippen molar-refractivity contribution in [2.45, 2.75) is 31.7 Å². The van der Waals surface area contributed by atoms with Crippen molar-refractivity contribution in [2.75, 3.05) is 5.32 Å². The van der Waals surface area contributed by atoms with Crippen LogP contribution in [-0.2, 0) is 4.79 Å². The minimum atomic E-state index is -0.795. The van der Waals surface area contributed by atoms with Gasteiger partial charge in [-0.2, -0.15) is 0 Å². The average molecular weight is 222 g/mol. The van der Waals surface area contributed by atoms with E-state index in [-0.39, 0.29) is 11.6 Å². The van der Waals surface area contributed by atoms with Crippen LogP contribution in [0.1, 0.15) is 24.8 Å². The highest BCUT2D eigenvalue weighted by atomic mass is 19.1. The third kappa shape index (κ3) is 1.93. The quantitative estimate of drug-likeness (QED) is 0.803. The maximum Gasteiger partial charge on any atom is 0.244 e. The van der Waals surface area contributed by atoms with Crippen LogP contribution in [0.4, 0.5) is 10.1 Å². The largest absolute Gasteiger partial charge is 0.322 e. The molecular formula is C12H15FN2O. The van der Waals surface area contributed by atoms with Crippen molar-refractivity contribution in [2.24, 2.45) is 5.73 Å². The van der Waals surface area contributed by atoms with Crippen LogP contribution in [0.2, 0.25) is 0 Å². The van der Waals surface area contributed by atoms with Crippen LogP contribution < -0.4 is 11.1 Å². The first-order valence-electron chi connectivity index (χ1n) is 5.38. The van der Waals surface area contributed by atoms with E-state index < -0.39 is 11.4 Å². The van der Waals surface area contributed by atoms with Crippen molar-refractivity contribution in [1.82, 2.24) is 0 Å². The molecule has 0 atom stereocenters. The van der Waals surface area contributed by atoms with Crippen LogP contribution in [-0.4, -0.2) is 11.4 Å². The number of halogens is 1. The summed E-state index contributed by atoms with van der Waals surface area (Å²) in [6, 6.07) is 4.61. The highest BCUT2D eigenvalue weighted by Crippen LogP contribution is 2.30. The first kappa shape index (κ1) is 11.1. The number of nitrogens with two attached hydrogens (primary N) is 1. The molecule has 1 amide bonds. The summed E-state index contributed by atoms with van der Waals surface area (Å²) in [6.07, 6.45) is 2.30. The summed E-state index contributed by atoms with van der Waals surface area (Å²) in [5, 5.41) is 2.55. The second-order valence-electron chi connectivity index (χ2n) is 4.45. The van der Waals surface area contributed by atoms with Gasteiger partial charge >= 0.3 is 0 Å². The summed E-state index contributed by atoms with van der Waals surface area (Å²) in [4.78, 5) is 11.8. The smallest absolute Gasteiger partial charge is 0.244 e. The normalized spacial score (nSPS) is 17.7. The van der Waals surface area contributed by atoms with E-state index in [1.807, 2.05) is 6.92 Å². The van der Waals surface area contributed by atoms with Gasteiger partial charge in [-0.3, -0.25) is 4.79 Å². The Morgan fingerprint density at radius 3 is 2.75 bits per heavy atom. The molecule has 2 rings (SSSR count). The van der Waals surface area contributed by atoms with Gasteiger partial charge < -0.3 is 11.1 Å². The number of benzene rings is 1. The van der Waals surface area contributed by atoms with Crippen molar-refractivity contribution < 1.29 is 9.18 Å². The van der Waals surface area contributed by atoms with E-state index >= 15 is 0 Å². The number of nitrogens with one attached hydrogen (secondary N) is 1. The molecule has 0 saturated heterocycles. The van der Waals surface area contributed by atoms with Crippen LogP contribution >= 0.6 is 0 Å². The molecule has 86 valence electrons. The standard InChI is InChI=1S/C12H15FN2O/c1-8-3-4-9(13)10(7-8)15-11(16)12(14)5-2-6-12/h3-4,7H,2,5-6,14H2,1H3,(H,15,16). The van der Waals surface area contributed by atoms with Gasteiger partial charge in [0.05, 0.1) is 11.2 Å². The fourth-order valence-electron chi connectivity index (χ4n) is 1.77. The van der Waals surface area contributed by atoms with E-state index in [1.54, 1.807) is 12.1 Å². The molecule has 1 saturated carbocycles. The molecule has 1 aliphatic carbocycles. The minimum absolute atomic E-state index is 0.210. The summed E-state index contributed by atoms with van der Waals surface area (Å²) in [7, 11) is 0. The first-order chi connectivity index (χ1) is 7.51. The number of aryl methyl sites for hydroxylation is 1. The summed E-state index contributed by atoms with van der Waals surface area (Å²) in [5.74, 6) is -0.717. The Morgan fingerprint density at radius 1 is 1.50 bits per heavy atom. The predicted octanol–water partition coefficient (Wildman–Crippen LogP) is 1.95. The van der Waals surface area contributed by atoms with Crippen molar-refractivity contribution in [3.63, 3.8) is 0 Å². The number of carbonyl (C=O) groups excluding carboxylic acids is 1. The van der Waals surface area contributed by atoms with Crippen LogP contribution in [0.5, 0.6) is 0 Å². The van der Waals surface area contributed by atoms with Gasteiger partial charge in [-0.15, -0.1) is 0 Å². The third-order valence-corrected chi connectivity index (χ3v) is 3.07. The molecule has 0 heterocycles. The van der Waals surface area contributed by atoms with Gasteiger partial charge in [0.15, 0.2) is 0 Å². The lowest BCUT2D eigenvalue weighted by molar-refractivity contribution is -0.123. The average Bonchev–Trinajstić information content (AvgIpc) is 2.20. The molecule has 0 aromatic heterocycles. The highest BCUT2D eigenvalue weighted by molar-refractivity contribution is 5.98. The Morgan fingerprint density at radius 2 is 2.19 bits per heavy atom. The zero-order valence-corrected chi connectivity index (χ0v) is 9.22. The number of rotatable bonds is 2. The first-order valence-corrected chi connectivity index (χ1v) is 5.38. The topological polar surface area (TPSA) is 55.1 Å². The molecule has 4 heteroatoms. The second kappa shape index (κ2) is 3.87. The molecule has 1 aromatic carbocycles. The molecule has 0 unspecified atom stereocenters. The fourth-order valence-corrected chi connectivity index (χ4v) is 1.77. The molecule has 0 aliphatic heterocycles. The van der Waals surface area contributed by atoms with Crippen molar-refractivity contribution in [3.05, 3.63) is 29.6 Å². The molecule has 16 heavy (non-hydrogen) atoms. The van der Waals surface area contributed by atoms with Crippen molar-refractivity contribution in [1.29, 1.82) is 0 Å². The number of hydrogen-bond acceptors (Lipinski definition) is 2. The zero-order valence-electron chi connectivity index (χ0n) is 9.22. The molecule has 0 spiro atoms. The SMILES string of the molecule is Cc1ccc(F)c(NC(=O)C2(N)CCC2)c1. The van der Waals surface area contributed by atoms with Gasteiger partial charge in [0.2, 0.25) is 5.91 Å². The number of amides is 1. The Kier molecular flexibility index (Phi) is 2.68. The lowest BCUT2D eigenvalue weighted by Crippen LogP contribution is -2.56. The van der Waals surface area contributed by atoms with E-state index in [4.69, 9.17) is 5.73 Å². The second-order valence-corrected chi connectivity index (χ2v) is 4.45. The molecule has 1 aliphatic rings. The molecule has 1 aromatic rings. The van der Waals surface area contributed by atoms with Crippen molar-refractivity contribution >= 4 is 11.6 Å². The van der Waals surface area contributed by atoms with Gasteiger partial charge in [-0.25, -0.2) is 4.39 Å². The van der Waals surface area contributed by atoms with Crippen LogP contribution in [0.3, 0.4) is 0 Å². The Balaban J connectivity index is 2.14. The molecule has 0 radical (unpaired) electrons. The Bertz CT molecular complexity index is 427. The number of hydrogen-bond donors (Lipinski definition) is 2. The van der Waals surface area contributed by atoms with E-state index in [1.165, 1.54) is 6.07 Å². The summed E-state index contributed by atoms with van der Waals surface area (Å²) in [6.45, 7) is 1.84. The van der Waals surface area contributed by atoms with Gasteiger partial charge in [0.1, 0.15) is 5.82 Å². The molecule has 3 nitrogen and oxygen atoms in total. The van der Waals surface area contributed by atoms with Gasteiger partial charge in [-0.05, 0) is 43.9 Å². The van der Waals surface area contributed by atoms with E-state index in [2.05, 4.69) is 5.32 Å². The monoisotopic (exact) mass is 222 g/mol. The van der Waals surface area contributed by atoms with Crippen LogP contribution in [0.25, 0.3) is 0 Å². The van der Waals surface area contributed by atoms with Crippen LogP contribution in [0.15, 0.2) is 18.2 Å². The summed E-state index contributed by atoms with van der Waals surface area (Å²) >= 11 is 0. The van der Waals surface area contributed by atoms with E-state index in [0.717, 1.165) is 12.0 Å². The molecule has 3 N–H and O–H groups in total. The van der Waals surface area contributed by atoms with E-state index in [9.17, 15) is 9.18 Å². The molecule has 0 bridgehead atoms. The predicted molar refractivity (Wildman–Crippen MR) is 60.5 cm³/mol. The minimum Gasteiger partial charge on any atom is -0.322 e. The maximum absolute atomic E-state index is 13.4. The van der Waals surface area contributed by atoms with Gasteiger partial charge in [0, 0.05) is 0 Å². The van der Waals surface area contributed by atoms with Gasteiger partial charge in [-0.1, -0.05) is 6.07 Å². The highest BCUT2D eigenvalue weighted by Gasteiger charge is 2.40. The lowest BCUT2D eigenvalue weighted by Gasteiger charge is -2.36. The summed E-state index contributed by atoms with van der Waals surface area (Å²) in [5.41, 5.74) is 6.16. The molecular weight excluding hydrogens is 207 g/mol. The lowest BCUT2D eigenvalue weighted by atomic mass is 9.77. The maximum atomic E-state index is 13.4. The Labute approximate surface area is 93.8 Å². The summed E-state index contributed by atoms with van der Waals surface area (Å²) < 4.78 is 13.4. The number of carbonyl (C=O) groups is 1. The Hall–Kier alpha value is -1.42. The number of anilines is 1. The fraction of sp³-hybridized carbons (Fsp3) is 0.417. The van der Waals surface area contributed by atoms with Gasteiger partial charge in [0.25, 0.3) is 0 Å². The third-order valence-electron chi connectivity index (χ3n) is 3.07. The van der Waals surface area contributed by atoms with E-state index in [0.29, 0.717) is 12.8 Å². The van der Waals surface area contributed by atoms with Crippen LogP contribution in [0, 0.1) is 12.7 Å². The zero-order chi connectivity index (χ0) is 11.8. The molecule has 1 fully saturated rings. The van der Waals surface area contributed by atoms with Crippen molar-refractivity contribution in [3.8, 4) is 0 Å².